The molecule has 2 bridgehead atoms. The van der Waals surface area contributed by atoms with E-state index < -0.39 is 12.9 Å². The van der Waals surface area contributed by atoms with Gasteiger partial charge >= 0.3 is 5.97 Å². The Balaban J connectivity index is 1.55. The van der Waals surface area contributed by atoms with Crippen LogP contribution in [0.3, 0.4) is 0 Å². The number of aromatic nitrogens is 1. The largest absolute Gasteiger partial charge is 0.459 e. The van der Waals surface area contributed by atoms with Gasteiger partial charge in [-0.3, -0.25) is 0 Å². The van der Waals surface area contributed by atoms with Gasteiger partial charge < -0.3 is 14.6 Å². The third kappa shape index (κ3) is 2.14. The highest BCUT2D eigenvalue weighted by Gasteiger charge is 2.40. The van der Waals surface area contributed by atoms with Crippen LogP contribution in [0.1, 0.15) is 44.3 Å². The van der Waals surface area contributed by atoms with Crippen molar-refractivity contribution in [3.63, 3.8) is 0 Å². The molecule has 0 aliphatic carbocycles. The summed E-state index contributed by atoms with van der Waals surface area (Å²) in [7, 11) is 0. The molecule has 2 aromatic rings. The van der Waals surface area contributed by atoms with Crippen molar-refractivity contribution in [2.24, 2.45) is 0 Å². The van der Waals surface area contributed by atoms with Gasteiger partial charge in [-0.25, -0.2) is 4.79 Å². The Kier molecular flexibility index (Phi) is 1.86. The van der Waals surface area contributed by atoms with Crippen molar-refractivity contribution in [2.75, 3.05) is 6.98 Å². The summed E-state index contributed by atoms with van der Waals surface area (Å²) < 4.78 is 52.2. The molecule has 3 heterocycles. The molecule has 1 aromatic heterocycles. The van der Waals surface area contributed by atoms with Crippen LogP contribution in [0.5, 0.6) is 0 Å². The van der Waals surface area contributed by atoms with Crippen LogP contribution in [0.2, 0.25) is 0 Å². The Labute approximate surface area is 132 Å². The summed E-state index contributed by atoms with van der Waals surface area (Å²) in [5, 5.41) is 0.397. The van der Waals surface area contributed by atoms with E-state index in [0.29, 0.717) is 23.7 Å². The molecule has 4 heteroatoms. The highest BCUT2D eigenvalue weighted by atomic mass is 16.5. The molecule has 1 N–H and O–H groups in total. The van der Waals surface area contributed by atoms with Gasteiger partial charge in [-0.05, 0) is 25.9 Å². The predicted molar refractivity (Wildman–Crippen MR) is 81.3 cm³/mol. The maximum atomic E-state index is 12.7. The van der Waals surface area contributed by atoms with E-state index in [4.69, 9.17) is 13.0 Å². The molecule has 110 valence electrons. The van der Waals surface area contributed by atoms with E-state index in [-0.39, 0.29) is 42.0 Å². The molecule has 2 fully saturated rings. The molecule has 2 aliphatic rings. The zero-order chi connectivity index (χ0) is 19.5. The number of carbonyl (C=O) groups is 1. The number of esters is 1. The molecular formula is C17H20N2O2. The number of fused-ring (bicyclic) bond motifs is 3. The number of H-pyrrole nitrogens is 1. The van der Waals surface area contributed by atoms with Crippen molar-refractivity contribution in [3.05, 3.63) is 36.0 Å². The molecule has 21 heavy (non-hydrogen) atoms. The second-order valence-electron chi connectivity index (χ2n) is 5.82. The fourth-order valence-corrected chi connectivity index (χ4v) is 3.49. The number of piperidine rings is 1. The van der Waals surface area contributed by atoms with Crippen LogP contribution in [-0.4, -0.2) is 41.0 Å². The highest BCUT2D eigenvalue weighted by Crippen LogP contribution is 2.35. The minimum Gasteiger partial charge on any atom is -0.459 e. The second-order valence-corrected chi connectivity index (χ2v) is 5.82. The van der Waals surface area contributed by atoms with Crippen LogP contribution in [0.15, 0.2) is 30.4 Å². The normalized spacial score (nSPS) is 33.6. The quantitative estimate of drug-likeness (QED) is 0.865. The lowest BCUT2D eigenvalue weighted by Crippen LogP contribution is -2.43. The number of ether oxygens (including phenoxy) is 1. The monoisotopic (exact) mass is 290 g/mol. The lowest BCUT2D eigenvalue weighted by atomic mass is 10.0. The third-order valence-electron chi connectivity index (χ3n) is 4.57. The van der Waals surface area contributed by atoms with Crippen LogP contribution in [0.4, 0.5) is 0 Å². The average molecular weight is 290 g/mol. The predicted octanol–water partition coefficient (Wildman–Crippen LogP) is 2.95. The van der Waals surface area contributed by atoms with E-state index in [0.717, 1.165) is 12.8 Å². The molecule has 0 saturated carbocycles. The lowest BCUT2D eigenvalue weighted by molar-refractivity contribution is -0.000258. The first-order valence-corrected chi connectivity index (χ1v) is 7.24. The zero-order valence-electron chi connectivity index (χ0n) is 17.5. The molecule has 1 unspecified atom stereocenters. The van der Waals surface area contributed by atoms with E-state index in [1.54, 1.807) is 4.90 Å². The number of aromatic amines is 1. The van der Waals surface area contributed by atoms with Gasteiger partial charge in [-0.15, -0.1) is 0 Å². The molecule has 0 spiro atoms. The third-order valence-corrected chi connectivity index (χ3v) is 4.57. The maximum Gasteiger partial charge on any atom is 0.340 e. The van der Waals surface area contributed by atoms with Crippen molar-refractivity contribution in [1.82, 2.24) is 9.88 Å². The molecule has 0 radical (unpaired) electrons. The number of rotatable bonds is 2. The molecular weight excluding hydrogens is 264 g/mol. The Bertz CT molecular complexity index is 895. The molecule has 2 aliphatic heterocycles. The van der Waals surface area contributed by atoms with Crippen molar-refractivity contribution in [2.45, 2.75) is 43.9 Å². The molecule has 4 rings (SSSR count). The molecule has 1 aromatic carbocycles. The van der Waals surface area contributed by atoms with Crippen molar-refractivity contribution < 1.29 is 17.8 Å². The number of para-hydroxylation sites is 1. The van der Waals surface area contributed by atoms with Gasteiger partial charge in [0.25, 0.3) is 0 Å². The highest BCUT2D eigenvalue weighted by molar-refractivity contribution is 6.04. The minimum absolute atomic E-state index is 0.0114. The average Bonchev–Trinajstić information content (AvgIpc) is 3.01. The number of nitrogens with zero attached hydrogens (tertiary/aromatic N) is 1. The summed E-state index contributed by atoms with van der Waals surface area (Å²) >= 11 is 0. The molecule has 0 amide bonds. The van der Waals surface area contributed by atoms with Gasteiger partial charge in [0.05, 0.1) is 9.68 Å². The second kappa shape index (κ2) is 4.88. The first-order chi connectivity index (χ1) is 12.6. The fraction of sp³-hybridized carbons (Fsp3) is 0.471. The van der Waals surface area contributed by atoms with Crippen LogP contribution in [-0.2, 0) is 4.74 Å². The maximum absolute atomic E-state index is 12.7. The number of nitrogens with one attached hydrogen (secondary N) is 1. The number of hydrogen-bond acceptors (Lipinski definition) is 3. The first kappa shape index (κ1) is 7.99. The smallest absolute Gasteiger partial charge is 0.340 e. The standard InChI is InChI=1S/C17H20N2O2/c1-19-11-6-7-12(19)9-13(8-11)21-17(20)15-10-18-16-5-3-2-4-14(15)16/h2-5,10-13,18H,6-9H2,1H3/t11-,12+,13?/i1D3,2D,3D,10D. The van der Waals surface area contributed by atoms with E-state index in [1.165, 1.54) is 12.1 Å². The summed E-state index contributed by atoms with van der Waals surface area (Å²) in [4.78, 5) is 17.0. The Morgan fingerprint density at radius 2 is 2.14 bits per heavy atom. The summed E-state index contributed by atoms with van der Waals surface area (Å²) in [6.07, 6.45) is 2.00. The van der Waals surface area contributed by atoms with Crippen LogP contribution < -0.4 is 0 Å². The molecule has 4 nitrogen and oxygen atoms in total. The number of hydrogen-bond donors (Lipinski definition) is 1. The van der Waals surface area contributed by atoms with Gasteiger partial charge in [0, 0.05) is 46.1 Å². The summed E-state index contributed by atoms with van der Waals surface area (Å²) in [5.41, 5.74) is 0.509. The summed E-state index contributed by atoms with van der Waals surface area (Å²) in [6, 6.07) is 2.54. The van der Waals surface area contributed by atoms with Crippen molar-refractivity contribution in [1.29, 1.82) is 0 Å². The van der Waals surface area contributed by atoms with Crippen LogP contribution >= 0.6 is 0 Å². The van der Waals surface area contributed by atoms with E-state index in [1.807, 2.05) is 0 Å². The van der Waals surface area contributed by atoms with Gasteiger partial charge in [0.2, 0.25) is 0 Å². The zero-order valence-corrected chi connectivity index (χ0v) is 11.5. The summed E-state index contributed by atoms with van der Waals surface area (Å²) in [5.74, 6) is -0.643. The van der Waals surface area contributed by atoms with Crippen molar-refractivity contribution in [3.8, 4) is 0 Å². The lowest BCUT2D eigenvalue weighted by Gasteiger charge is -2.35. The summed E-state index contributed by atoms with van der Waals surface area (Å²) in [6.45, 7) is -2.13. The SMILES string of the molecule is [2H]c1cc2[nH]c([2H])c(C(=O)OC3C[C@H]4CC[C@@H](C3)N4C([2H])([2H])[2H])c2cc1[2H]. The number of carbonyl (C=O) groups excluding carboxylic acids is 1. The molecule has 2 saturated heterocycles. The van der Waals surface area contributed by atoms with Gasteiger partial charge in [-0.1, -0.05) is 18.2 Å². The Morgan fingerprint density at radius 1 is 1.38 bits per heavy atom. The van der Waals surface area contributed by atoms with E-state index in [2.05, 4.69) is 4.98 Å². The Hall–Kier alpha value is -1.81. The first-order valence-electron chi connectivity index (χ1n) is 10.2. The van der Waals surface area contributed by atoms with E-state index >= 15 is 0 Å². The Morgan fingerprint density at radius 3 is 2.90 bits per heavy atom. The number of benzene rings is 1. The van der Waals surface area contributed by atoms with Crippen LogP contribution in [0, 0.1) is 0 Å². The van der Waals surface area contributed by atoms with Crippen LogP contribution in [0.25, 0.3) is 10.9 Å². The van der Waals surface area contributed by atoms with E-state index in [9.17, 15) is 4.79 Å². The fourth-order valence-electron chi connectivity index (χ4n) is 3.49. The minimum atomic E-state index is -2.13. The van der Waals surface area contributed by atoms with Gasteiger partial charge in [0.1, 0.15) is 6.10 Å². The van der Waals surface area contributed by atoms with Gasteiger partial charge in [0.15, 0.2) is 0 Å². The van der Waals surface area contributed by atoms with Crippen molar-refractivity contribution >= 4 is 16.9 Å². The molecule has 3 atom stereocenters. The topological polar surface area (TPSA) is 45.3 Å². The van der Waals surface area contributed by atoms with Gasteiger partial charge in [-0.2, -0.15) is 0 Å².